The molecule has 1 atom stereocenters. The molecule has 1 aliphatic heterocycles. The zero-order valence-electron chi connectivity index (χ0n) is 16.1. The molecular weight excluding hydrogens is 407 g/mol. The number of nitrogens with two attached hydrogens (primary N) is 1. The van der Waals surface area contributed by atoms with Crippen molar-refractivity contribution in [3.63, 3.8) is 0 Å². The Labute approximate surface area is 176 Å². The summed E-state index contributed by atoms with van der Waals surface area (Å²) in [6, 6.07) is 13.4. The Balaban J connectivity index is 1.51. The van der Waals surface area contributed by atoms with E-state index in [4.69, 9.17) is 10.5 Å². The molecule has 2 aromatic carbocycles. The highest BCUT2D eigenvalue weighted by molar-refractivity contribution is 7.19. The number of hydrogen-bond acceptors (Lipinski definition) is 6. The van der Waals surface area contributed by atoms with Gasteiger partial charge in [0, 0.05) is 0 Å². The molecule has 3 N–H and O–H groups in total. The Morgan fingerprint density at radius 3 is 2.77 bits per heavy atom. The molecule has 1 saturated heterocycles. The summed E-state index contributed by atoms with van der Waals surface area (Å²) in [5, 5.41) is 2.86. The summed E-state index contributed by atoms with van der Waals surface area (Å²) in [7, 11) is 0. The number of halogens is 1. The second-order valence-electron chi connectivity index (χ2n) is 6.74. The van der Waals surface area contributed by atoms with Crippen LogP contribution in [-0.4, -0.2) is 29.6 Å². The number of aromatic nitrogens is 1. The lowest BCUT2D eigenvalue weighted by atomic mass is 10.1. The van der Waals surface area contributed by atoms with Crippen LogP contribution in [0.4, 0.5) is 25.8 Å². The minimum atomic E-state index is -0.745. The minimum Gasteiger partial charge on any atom is -0.444 e. The van der Waals surface area contributed by atoms with E-state index in [0.29, 0.717) is 18.7 Å². The van der Waals surface area contributed by atoms with Crippen molar-refractivity contribution < 1.29 is 18.7 Å². The molecule has 4 rings (SSSR count). The van der Waals surface area contributed by atoms with Crippen molar-refractivity contribution >= 4 is 40.0 Å². The predicted octanol–water partition coefficient (Wildman–Crippen LogP) is 4.52. The molecule has 1 aromatic heterocycles. The first kappa shape index (κ1) is 19.8. The van der Waals surface area contributed by atoms with Gasteiger partial charge in [0.15, 0.2) is 5.13 Å². The number of nitrogen functional groups attached to an aromatic ring is 1. The average molecular weight is 426 g/mol. The van der Waals surface area contributed by atoms with Crippen LogP contribution < -0.4 is 16.0 Å². The highest BCUT2D eigenvalue weighted by Gasteiger charge is 2.31. The lowest BCUT2D eigenvalue weighted by Crippen LogP contribution is -2.25. The van der Waals surface area contributed by atoms with Crippen LogP contribution in [0.25, 0.3) is 10.4 Å². The molecule has 0 bridgehead atoms. The van der Waals surface area contributed by atoms with Crippen LogP contribution in [0.15, 0.2) is 48.5 Å². The maximum atomic E-state index is 14.6. The van der Waals surface area contributed by atoms with Crippen molar-refractivity contribution in [3.05, 3.63) is 59.9 Å². The lowest BCUT2D eigenvalue weighted by Gasteiger charge is -2.14. The molecule has 0 spiro atoms. The molecule has 9 heteroatoms. The molecule has 1 unspecified atom stereocenters. The van der Waals surface area contributed by atoms with Gasteiger partial charge in [0.1, 0.15) is 17.7 Å². The highest BCUT2D eigenvalue weighted by atomic mass is 32.1. The largest absolute Gasteiger partial charge is 0.444 e. The van der Waals surface area contributed by atoms with Crippen LogP contribution in [0.3, 0.4) is 0 Å². The number of benzene rings is 2. The van der Waals surface area contributed by atoms with E-state index in [1.807, 2.05) is 37.3 Å². The van der Waals surface area contributed by atoms with Crippen LogP contribution in [0, 0.1) is 5.82 Å². The number of thiazole rings is 1. The normalized spacial score (nSPS) is 15.9. The van der Waals surface area contributed by atoms with Crippen molar-refractivity contribution in [1.82, 2.24) is 4.98 Å². The number of hydrogen-bond donors (Lipinski definition) is 2. The van der Waals surface area contributed by atoms with Gasteiger partial charge in [0.25, 0.3) is 5.91 Å². The van der Waals surface area contributed by atoms with E-state index in [1.54, 1.807) is 0 Å². The molecule has 154 valence electrons. The molecule has 0 aliphatic carbocycles. The van der Waals surface area contributed by atoms with Crippen LogP contribution in [-0.2, 0) is 4.74 Å². The molecule has 3 aromatic rings. The maximum Gasteiger partial charge on any atom is 0.414 e. The smallest absolute Gasteiger partial charge is 0.414 e. The number of carbonyl (C=O) groups is 2. The summed E-state index contributed by atoms with van der Waals surface area (Å²) in [5.41, 5.74) is 7.03. The zero-order valence-corrected chi connectivity index (χ0v) is 16.9. The molecular formula is C21H19FN4O3S. The SMILES string of the molecule is CCC1CN(c2ccc(C(=O)Nc3nc(N)c(-c4ccccc4)s3)c(F)c2)C(=O)O1. The fraction of sp³-hybridized carbons (Fsp3) is 0.190. The maximum absolute atomic E-state index is 14.6. The molecule has 0 saturated carbocycles. The number of anilines is 3. The zero-order chi connectivity index (χ0) is 21.3. The number of amides is 2. The summed E-state index contributed by atoms with van der Waals surface area (Å²) in [4.78, 5) is 30.7. The lowest BCUT2D eigenvalue weighted by molar-refractivity contribution is 0.102. The fourth-order valence-corrected chi connectivity index (χ4v) is 4.03. The standard InChI is InChI=1S/C21H19FN4O3S/c1-2-14-11-26(21(28)29-14)13-8-9-15(16(22)10-13)19(27)25-20-24-18(23)17(30-20)12-6-4-3-5-7-12/h3-10,14H,2,11,23H2,1H3,(H,24,25,27). The first-order chi connectivity index (χ1) is 14.5. The monoisotopic (exact) mass is 426 g/mol. The third kappa shape index (κ3) is 3.84. The van der Waals surface area contributed by atoms with E-state index in [9.17, 15) is 14.0 Å². The first-order valence-corrected chi connectivity index (χ1v) is 10.2. The van der Waals surface area contributed by atoms with Crippen LogP contribution in [0.2, 0.25) is 0 Å². The van der Waals surface area contributed by atoms with Crippen molar-refractivity contribution in [1.29, 1.82) is 0 Å². The van der Waals surface area contributed by atoms with E-state index >= 15 is 0 Å². The van der Waals surface area contributed by atoms with Crippen molar-refractivity contribution in [2.24, 2.45) is 0 Å². The number of cyclic esters (lactones) is 1. The molecule has 1 fully saturated rings. The van der Waals surface area contributed by atoms with E-state index < -0.39 is 17.8 Å². The van der Waals surface area contributed by atoms with Gasteiger partial charge in [-0.25, -0.2) is 14.2 Å². The molecule has 2 amide bonds. The van der Waals surface area contributed by atoms with Crippen LogP contribution >= 0.6 is 11.3 Å². The van der Waals surface area contributed by atoms with E-state index in [1.165, 1.54) is 28.4 Å². The second kappa shape index (κ2) is 8.11. The topological polar surface area (TPSA) is 97.5 Å². The number of nitrogens with zero attached hydrogens (tertiary/aromatic N) is 2. The second-order valence-corrected chi connectivity index (χ2v) is 7.74. The van der Waals surface area contributed by atoms with Crippen molar-refractivity contribution in [3.8, 4) is 10.4 Å². The van der Waals surface area contributed by atoms with Gasteiger partial charge in [-0.2, -0.15) is 0 Å². The van der Waals surface area contributed by atoms with E-state index in [0.717, 1.165) is 16.5 Å². The van der Waals surface area contributed by atoms with Crippen molar-refractivity contribution in [2.45, 2.75) is 19.4 Å². The molecule has 1 aliphatic rings. The molecule has 2 heterocycles. The fourth-order valence-electron chi connectivity index (χ4n) is 3.15. The average Bonchev–Trinajstić information content (AvgIpc) is 3.30. The van der Waals surface area contributed by atoms with Gasteiger partial charge in [-0.05, 0) is 30.2 Å². The van der Waals surface area contributed by atoms with Crippen LogP contribution in [0.5, 0.6) is 0 Å². The minimum absolute atomic E-state index is 0.159. The Morgan fingerprint density at radius 1 is 1.33 bits per heavy atom. The van der Waals surface area contributed by atoms with Gasteiger partial charge < -0.3 is 10.5 Å². The summed E-state index contributed by atoms with van der Waals surface area (Å²) >= 11 is 1.21. The highest BCUT2D eigenvalue weighted by Crippen LogP contribution is 2.35. The van der Waals surface area contributed by atoms with Gasteiger partial charge in [0.05, 0.1) is 22.7 Å². The summed E-state index contributed by atoms with van der Waals surface area (Å²) in [5.74, 6) is -1.11. The predicted molar refractivity (Wildman–Crippen MR) is 114 cm³/mol. The molecule has 0 radical (unpaired) electrons. The summed E-state index contributed by atoms with van der Waals surface area (Å²) in [6.07, 6.45) is -0.0736. The van der Waals surface area contributed by atoms with Crippen LogP contribution in [0.1, 0.15) is 23.7 Å². The number of nitrogens with one attached hydrogen (secondary N) is 1. The number of carbonyl (C=O) groups excluding carboxylic acids is 2. The number of rotatable bonds is 5. The molecule has 30 heavy (non-hydrogen) atoms. The van der Waals surface area contributed by atoms with Gasteiger partial charge in [-0.3, -0.25) is 15.0 Å². The van der Waals surface area contributed by atoms with Gasteiger partial charge >= 0.3 is 6.09 Å². The molecule has 7 nitrogen and oxygen atoms in total. The quantitative estimate of drug-likeness (QED) is 0.625. The van der Waals surface area contributed by atoms with E-state index in [2.05, 4.69) is 10.3 Å². The van der Waals surface area contributed by atoms with E-state index in [-0.39, 0.29) is 22.6 Å². The number of ether oxygens (including phenoxy) is 1. The third-order valence-electron chi connectivity index (χ3n) is 4.75. The summed E-state index contributed by atoms with van der Waals surface area (Å²) in [6.45, 7) is 2.25. The summed E-state index contributed by atoms with van der Waals surface area (Å²) < 4.78 is 19.8. The first-order valence-electron chi connectivity index (χ1n) is 9.37. The Morgan fingerprint density at radius 2 is 2.10 bits per heavy atom. The van der Waals surface area contributed by atoms with Gasteiger partial charge in [-0.15, -0.1) is 0 Å². The van der Waals surface area contributed by atoms with Gasteiger partial charge in [0.2, 0.25) is 0 Å². The Kier molecular flexibility index (Phi) is 5.37. The third-order valence-corrected chi connectivity index (χ3v) is 5.78. The Hall–Kier alpha value is -3.46. The Bertz CT molecular complexity index is 1100. The van der Waals surface area contributed by atoms with Gasteiger partial charge in [-0.1, -0.05) is 48.6 Å². The van der Waals surface area contributed by atoms with Crippen molar-refractivity contribution in [2.75, 3.05) is 22.5 Å².